The molecule has 0 aromatic carbocycles. The van der Waals surface area contributed by atoms with E-state index in [2.05, 4.69) is 10.4 Å². The molecule has 7 nitrogen and oxygen atoms in total. The fourth-order valence-corrected chi connectivity index (χ4v) is 3.94. The van der Waals surface area contributed by atoms with Gasteiger partial charge in [0.25, 0.3) is 0 Å². The number of nitrogens with one attached hydrogen (secondary N) is 1. The van der Waals surface area contributed by atoms with Crippen LogP contribution in [0.4, 0.5) is 5.82 Å². The zero-order valence-electron chi connectivity index (χ0n) is 11.4. The van der Waals surface area contributed by atoms with Gasteiger partial charge in [-0.05, 0) is 18.9 Å². The third-order valence-electron chi connectivity index (χ3n) is 3.72. The molecule has 0 spiro atoms. The Morgan fingerprint density at radius 3 is 2.80 bits per heavy atom. The maximum absolute atomic E-state index is 12.6. The highest BCUT2D eigenvalue weighted by Gasteiger charge is 2.34. The van der Waals surface area contributed by atoms with Crippen molar-refractivity contribution < 1.29 is 13.5 Å². The lowest BCUT2D eigenvalue weighted by molar-refractivity contribution is 0.0638. The Bertz CT molecular complexity index is 564. The van der Waals surface area contributed by atoms with E-state index < -0.39 is 16.1 Å². The van der Waals surface area contributed by atoms with Crippen LogP contribution in [0.15, 0.2) is 23.2 Å². The van der Waals surface area contributed by atoms with Gasteiger partial charge in [-0.3, -0.25) is 0 Å². The lowest BCUT2D eigenvalue weighted by Gasteiger charge is -2.34. The summed E-state index contributed by atoms with van der Waals surface area (Å²) in [6.45, 7) is 0. The van der Waals surface area contributed by atoms with Crippen LogP contribution in [0.2, 0.25) is 0 Å². The van der Waals surface area contributed by atoms with E-state index in [9.17, 15) is 13.5 Å². The molecule has 1 aromatic rings. The Kier molecular flexibility index (Phi) is 4.59. The molecule has 1 heterocycles. The maximum Gasteiger partial charge on any atom is 0.243 e. The smallest absolute Gasteiger partial charge is 0.243 e. The van der Waals surface area contributed by atoms with Gasteiger partial charge in [0.05, 0.1) is 17.0 Å². The maximum atomic E-state index is 12.6. The van der Waals surface area contributed by atoms with E-state index in [1.54, 1.807) is 0 Å². The number of anilines is 1. The molecule has 1 aromatic heterocycles. The van der Waals surface area contributed by atoms with Crippen molar-refractivity contribution in [3.8, 4) is 0 Å². The van der Waals surface area contributed by atoms with Gasteiger partial charge in [0.1, 0.15) is 5.82 Å². The minimum Gasteiger partial charge on any atom is -0.391 e. The molecule has 8 heteroatoms. The summed E-state index contributed by atoms with van der Waals surface area (Å²) in [4.78, 5) is 4.00. The molecular weight excluding hydrogens is 280 g/mol. The van der Waals surface area contributed by atoms with Gasteiger partial charge >= 0.3 is 0 Å². The van der Waals surface area contributed by atoms with Crippen LogP contribution < -0.4 is 11.3 Å². The normalized spacial score (nSPS) is 23.8. The summed E-state index contributed by atoms with van der Waals surface area (Å²) in [5.41, 5.74) is 2.32. The highest BCUT2D eigenvalue weighted by molar-refractivity contribution is 7.89. The molecule has 20 heavy (non-hydrogen) atoms. The number of aliphatic hydroxyl groups excluding tert-OH is 1. The van der Waals surface area contributed by atoms with Gasteiger partial charge in [-0.15, -0.1) is 0 Å². The lowest BCUT2D eigenvalue weighted by Crippen LogP contribution is -2.46. The number of rotatable bonds is 4. The number of hydrogen-bond acceptors (Lipinski definition) is 6. The van der Waals surface area contributed by atoms with Crippen molar-refractivity contribution in [3.05, 3.63) is 18.3 Å². The van der Waals surface area contributed by atoms with Crippen molar-refractivity contribution in [2.75, 3.05) is 12.5 Å². The third kappa shape index (κ3) is 2.93. The number of aromatic nitrogens is 1. The third-order valence-corrected chi connectivity index (χ3v) is 5.60. The largest absolute Gasteiger partial charge is 0.391 e. The molecule has 2 rings (SSSR count). The van der Waals surface area contributed by atoms with E-state index in [0.29, 0.717) is 12.8 Å². The molecule has 1 aliphatic carbocycles. The van der Waals surface area contributed by atoms with Crippen LogP contribution in [0.5, 0.6) is 0 Å². The number of hydrazine groups is 1. The molecular formula is C12H20N4O3S. The van der Waals surface area contributed by atoms with Gasteiger partial charge in [0.2, 0.25) is 10.0 Å². The van der Waals surface area contributed by atoms with Crippen molar-refractivity contribution in [2.24, 2.45) is 5.84 Å². The topological polar surface area (TPSA) is 109 Å². The van der Waals surface area contributed by atoms with Crippen LogP contribution in [0.1, 0.15) is 25.7 Å². The van der Waals surface area contributed by atoms with Crippen LogP contribution >= 0.6 is 0 Å². The van der Waals surface area contributed by atoms with E-state index in [-0.39, 0.29) is 16.8 Å². The Morgan fingerprint density at radius 2 is 2.15 bits per heavy atom. The summed E-state index contributed by atoms with van der Waals surface area (Å²) >= 11 is 0. The first-order valence-electron chi connectivity index (χ1n) is 6.55. The average Bonchev–Trinajstić information content (AvgIpc) is 2.47. The average molecular weight is 300 g/mol. The van der Waals surface area contributed by atoms with Crippen LogP contribution in [0.25, 0.3) is 0 Å². The zero-order valence-corrected chi connectivity index (χ0v) is 12.2. The van der Waals surface area contributed by atoms with E-state index in [0.717, 1.165) is 12.8 Å². The molecule has 2 unspecified atom stereocenters. The first kappa shape index (κ1) is 15.2. The van der Waals surface area contributed by atoms with Gasteiger partial charge in [0, 0.05) is 19.3 Å². The lowest BCUT2D eigenvalue weighted by atomic mass is 9.93. The summed E-state index contributed by atoms with van der Waals surface area (Å²) in [5, 5.41) is 10.00. The molecule has 0 aliphatic heterocycles. The van der Waals surface area contributed by atoms with E-state index in [1.165, 1.54) is 29.7 Å². The van der Waals surface area contributed by atoms with Crippen LogP contribution in [0, 0.1) is 0 Å². The van der Waals surface area contributed by atoms with Crippen molar-refractivity contribution in [2.45, 2.75) is 42.7 Å². The van der Waals surface area contributed by atoms with Crippen molar-refractivity contribution in [1.29, 1.82) is 0 Å². The first-order chi connectivity index (χ1) is 9.46. The zero-order chi connectivity index (χ0) is 14.8. The summed E-state index contributed by atoms with van der Waals surface area (Å²) in [6.07, 6.45) is 3.93. The van der Waals surface area contributed by atoms with Crippen LogP contribution in [0.3, 0.4) is 0 Å². The van der Waals surface area contributed by atoms with Crippen LogP contribution in [-0.4, -0.2) is 42.0 Å². The molecule has 1 fully saturated rings. The van der Waals surface area contributed by atoms with Gasteiger partial charge in [-0.1, -0.05) is 12.8 Å². The molecule has 2 atom stereocenters. The standard InChI is InChI=1S/C12H20N4O3S/c1-16(10-4-2-3-5-11(10)17)20(18,19)9-6-7-14-12(8-9)15-13/h6-8,10-11,17H,2-5,13H2,1H3,(H,14,15). The summed E-state index contributed by atoms with van der Waals surface area (Å²) in [6, 6.07) is 2.42. The Balaban J connectivity index is 2.28. The molecule has 0 bridgehead atoms. The van der Waals surface area contributed by atoms with Crippen LogP contribution in [-0.2, 0) is 10.0 Å². The molecule has 0 amide bonds. The number of pyridine rings is 1. The van der Waals surface area contributed by atoms with Gasteiger partial charge in [-0.2, -0.15) is 4.31 Å². The first-order valence-corrected chi connectivity index (χ1v) is 7.99. The van der Waals surface area contributed by atoms with E-state index >= 15 is 0 Å². The second kappa shape index (κ2) is 6.04. The van der Waals surface area contributed by atoms with E-state index in [1.807, 2.05) is 0 Å². The minimum atomic E-state index is -3.67. The van der Waals surface area contributed by atoms with E-state index in [4.69, 9.17) is 5.84 Å². The number of nitrogens with two attached hydrogens (primary N) is 1. The molecule has 112 valence electrons. The SMILES string of the molecule is CN(C1CCCCC1O)S(=O)(=O)c1ccnc(NN)c1. The second-order valence-corrected chi connectivity index (χ2v) is 6.96. The monoisotopic (exact) mass is 300 g/mol. The second-order valence-electron chi connectivity index (χ2n) is 4.96. The predicted molar refractivity (Wildman–Crippen MR) is 75.3 cm³/mol. The van der Waals surface area contributed by atoms with Crippen molar-refractivity contribution >= 4 is 15.8 Å². The van der Waals surface area contributed by atoms with Crippen molar-refractivity contribution in [3.63, 3.8) is 0 Å². The number of aliphatic hydroxyl groups is 1. The summed E-state index contributed by atoms with van der Waals surface area (Å²) in [5.74, 6) is 5.52. The molecule has 4 N–H and O–H groups in total. The summed E-state index contributed by atoms with van der Waals surface area (Å²) < 4.78 is 26.4. The highest BCUT2D eigenvalue weighted by Crippen LogP contribution is 2.27. The fraction of sp³-hybridized carbons (Fsp3) is 0.583. The summed E-state index contributed by atoms with van der Waals surface area (Å²) in [7, 11) is -2.16. The Hall–Kier alpha value is -1.22. The highest BCUT2D eigenvalue weighted by atomic mass is 32.2. The molecule has 1 saturated carbocycles. The Labute approximate surface area is 118 Å². The quantitative estimate of drug-likeness (QED) is 0.545. The number of sulfonamides is 1. The van der Waals surface area contributed by atoms with Gasteiger partial charge < -0.3 is 10.5 Å². The number of likely N-dealkylation sites (N-methyl/N-ethyl adjacent to an activating group) is 1. The molecule has 0 saturated heterocycles. The number of nitrogen functional groups attached to an aromatic ring is 1. The number of hydrogen-bond donors (Lipinski definition) is 3. The van der Waals surface area contributed by atoms with Gasteiger partial charge in [-0.25, -0.2) is 19.2 Å². The molecule has 0 radical (unpaired) electrons. The van der Waals surface area contributed by atoms with Gasteiger partial charge in [0.15, 0.2) is 0 Å². The number of nitrogens with zero attached hydrogens (tertiary/aromatic N) is 2. The minimum absolute atomic E-state index is 0.112. The predicted octanol–water partition coefficient (Wildman–Crippen LogP) is 0.291. The van der Waals surface area contributed by atoms with Crippen molar-refractivity contribution in [1.82, 2.24) is 9.29 Å². The Morgan fingerprint density at radius 1 is 1.45 bits per heavy atom. The fourth-order valence-electron chi connectivity index (χ4n) is 2.51. The molecule has 1 aliphatic rings.